The summed E-state index contributed by atoms with van der Waals surface area (Å²) >= 11 is 1.37. The van der Waals surface area contributed by atoms with Crippen molar-refractivity contribution in [1.82, 2.24) is 39.5 Å². The average Bonchev–Trinajstić information content (AvgIpc) is 1.03. The van der Waals surface area contributed by atoms with E-state index in [1.165, 1.54) is 29.5 Å². The van der Waals surface area contributed by atoms with E-state index in [-0.39, 0.29) is 91.0 Å². The van der Waals surface area contributed by atoms with Gasteiger partial charge in [0.1, 0.15) is 55.4 Å². The van der Waals surface area contributed by atoms with Crippen LogP contribution in [0.5, 0.6) is 11.5 Å². The van der Waals surface area contributed by atoms with E-state index in [4.69, 9.17) is 38.5 Å². The zero-order chi connectivity index (χ0) is 65.6. The molecule has 4 aromatic heterocycles. The molecule has 4 amide bonds. The number of imidazole rings is 1. The number of rotatable bonds is 26. The number of amides is 4. The number of carbonyl (C=O) groups excluding carboxylic acids is 5. The second-order valence-electron chi connectivity index (χ2n) is 25.8. The molecule has 2 unspecified atom stereocenters. The summed E-state index contributed by atoms with van der Waals surface area (Å²) in [4.78, 5) is 104. The molecule has 7 heterocycles. The van der Waals surface area contributed by atoms with Crippen LogP contribution in [0.2, 0.25) is 0 Å². The van der Waals surface area contributed by atoms with Crippen LogP contribution in [0.15, 0.2) is 79.3 Å². The Hall–Kier alpha value is -8.71. The number of hydrogen-bond donors (Lipinski definition) is 7. The highest BCUT2D eigenvalue weighted by molar-refractivity contribution is 7.22. The van der Waals surface area contributed by atoms with Crippen molar-refractivity contribution in [3.05, 3.63) is 108 Å². The SMILES string of the molecule is Cc1c(-c2ccc(N3CCn4cnc(C(=O)Nc5nc6ccccc6s5)c4C3)nc2C(=O)O)cnn1CC12CC3(C)CC(C)(C1)CC(OCCCC(=O)OCc1ccc(O[C@@H]4O[C@H](C(=O)O)[C@@H](O)[C@H](O)[C@H]4O)cc1OCCOCCNC(=O)CN1C(=O)C=CC1=O)(C3)C2. The average molecular weight is 1300 g/mol. The maximum atomic E-state index is 13.6. The topological polar surface area (TPSA) is 368 Å². The molecule has 4 saturated carbocycles. The van der Waals surface area contributed by atoms with Crippen molar-refractivity contribution in [3.8, 4) is 22.6 Å². The zero-order valence-electron chi connectivity index (χ0n) is 51.4. The third kappa shape index (κ3) is 13.7. The molecule has 4 aliphatic carbocycles. The molecule has 6 aromatic rings. The Morgan fingerprint density at radius 2 is 1.60 bits per heavy atom. The number of esters is 1. The van der Waals surface area contributed by atoms with Crippen LogP contribution < -0.4 is 25.0 Å². The van der Waals surface area contributed by atoms with Crippen LogP contribution in [-0.2, 0) is 69.2 Å². The smallest absolute Gasteiger partial charge is 0.355 e. The number of nitrogens with one attached hydrogen (secondary N) is 2. The molecule has 492 valence electrons. The first kappa shape index (κ1) is 64.4. The number of thiazole rings is 1. The Morgan fingerprint density at radius 3 is 2.35 bits per heavy atom. The lowest BCUT2D eigenvalue weighted by molar-refractivity contribution is -0.271. The highest BCUT2D eigenvalue weighted by Crippen LogP contribution is 2.72. The summed E-state index contributed by atoms with van der Waals surface area (Å²) in [5.41, 5.74) is 3.22. The normalized spacial score (nSPS) is 26.2. The first-order chi connectivity index (χ1) is 44.5. The third-order valence-electron chi connectivity index (χ3n) is 18.2. The van der Waals surface area contributed by atoms with Crippen molar-refractivity contribution in [2.45, 2.75) is 135 Å². The number of aliphatic carboxylic acids is 1. The van der Waals surface area contributed by atoms with E-state index in [2.05, 4.69) is 34.4 Å². The second kappa shape index (κ2) is 26.0. The third-order valence-corrected chi connectivity index (χ3v) is 19.2. The number of carboxylic acid groups (broad SMARTS) is 2. The minimum atomic E-state index is -1.94. The summed E-state index contributed by atoms with van der Waals surface area (Å²) in [5, 5.41) is 62.2. The summed E-state index contributed by atoms with van der Waals surface area (Å²) in [6.07, 6.45) is 2.10. The van der Waals surface area contributed by atoms with Gasteiger partial charge in [0.15, 0.2) is 22.6 Å². The Balaban J connectivity index is 0.657. The molecule has 0 radical (unpaired) electrons. The fraction of sp³-hybridized carbons (Fsp3) is 0.484. The van der Waals surface area contributed by atoms with Gasteiger partial charge in [-0.3, -0.25) is 38.9 Å². The molecule has 29 heteroatoms. The number of pyridine rings is 1. The van der Waals surface area contributed by atoms with Crippen LogP contribution >= 0.6 is 11.3 Å². The van der Waals surface area contributed by atoms with Crippen molar-refractivity contribution in [3.63, 3.8) is 0 Å². The summed E-state index contributed by atoms with van der Waals surface area (Å²) in [6.45, 7) is 8.18. The van der Waals surface area contributed by atoms with Crippen molar-refractivity contribution < 1.29 is 87.5 Å². The van der Waals surface area contributed by atoms with E-state index in [0.717, 1.165) is 71.5 Å². The van der Waals surface area contributed by atoms with Crippen LogP contribution in [-0.4, -0.2) is 184 Å². The minimum absolute atomic E-state index is 0.00172. The maximum absolute atomic E-state index is 13.6. The fourth-order valence-corrected chi connectivity index (χ4v) is 16.2. The molecule has 5 fully saturated rings. The Bertz CT molecular complexity index is 3870. The van der Waals surface area contributed by atoms with Gasteiger partial charge in [-0.15, -0.1) is 0 Å². The number of benzene rings is 2. The number of carboxylic acids is 2. The van der Waals surface area contributed by atoms with E-state index < -0.39 is 78.5 Å². The van der Waals surface area contributed by atoms with E-state index in [9.17, 15) is 59.1 Å². The summed E-state index contributed by atoms with van der Waals surface area (Å²) in [5.74, 6) is -4.80. The molecule has 7 N–H and O–H groups in total. The molecule has 4 bridgehead atoms. The maximum Gasteiger partial charge on any atom is 0.355 e. The van der Waals surface area contributed by atoms with E-state index in [0.29, 0.717) is 66.0 Å². The van der Waals surface area contributed by atoms with Crippen LogP contribution in [0.3, 0.4) is 0 Å². The highest BCUT2D eigenvalue weighted by Gasteiger charge is 2.66. The van der Waals surface area contributed by atoms with Gasteiger partial charge >= 0.3 is 17.9 Å². The minimum Gasteiger partial charge on any atom is -0.491 e. The van der Waals surface area contributed by atoms with Gasteiger partial charge in [0.2, 0.25) is 12.2 Å². The van der Waals surface area contributed by atoms with Gasteiger partial charge in [-0.05, 0) is 105 Å². The molecule has 28 nitrogen and oxygen atoms in total. The molecule has 1 saturated heterocycles. The number of aliphatic hydroxyl groups is 3. The second-order valence-corrected chi connectivity index (χ2v) is 26.8. The van der Waals surface area contributed by atoms with Gasteiger partial charge in [0.05, 0.1) is 53.8 Å². The predicted molar refractivity (Wildman–Crippen MR) is 329 cm³/mol. The number of nitrogens with zero attached hydrogens (tertiary/aromatic N) is 8. The molecule has 7 aliphatic rings. The molecule has 3 aliphatic heterocycles. The Kier molecular flexibility index (Phi) is 18.0. The molecular weight excluding hydrogens is 1230 g/mol. The highest BCUT2D eigenvalue weighted by atomic mass is 32.1. The zero-order valence-corrected chi connectivity index (χ0v) is 52.2. The molecule has 93 heavy (non-hydrogen) atoms. The summed E-state index contributed by atoms with van der Waals surface area (Å²) in [6, 6.07) is 15.6. The number of fused-ring (bicyclic) bond motifs is 2. The van der Waals surface area contributed by atoms with Crippen LogP contribution in [0.25, 0.3) is 21.3 Å². The van der Waals surface area contributed by atoms with Gasteiger partial charge in [-0.1, -0.05) is 37.3 Å². The van der Waals surface area contributed by atoms with Gasteiger partial charge in [0, 0.05) is 79.8 Å². The van der Waals surface area contributed by atoms with Gasteiger partial charge < -0.3 is 68.7 Å². The monoisotopic (exact) mass is 1300 g/mol. The van der Waals surface area contributed by atoms with Gasteiger partial charge in [-0.2, -0.15) is 5.10 Å². The number of aromatic carboxylic acids is 1. The number of aromatic nitrogens is 6. The van der Waals surface area contributed by atoms with Crippen molar-refractivity contribution in [2.75, 3.05) is 56.3 Å². The quantitative estimate of drug-likeness (QED) is 0.0225. The van der Waals surface area contributed by atoms with E-state index in [1.807, 2.05) is 51.4 Å². The number of para-hydroxylation sites is 1. The standard InChI is InChI=1S/C64H72N10O18S/c1-36-40(39-12-13-45(69-50(39)57(83)84)71-17-18-72-35-66-51(42(72)25-71)56(82)70-60-68-41-7-4-5-8-44(41)93-60)24-67-74(36)34-63-29-61(2)28-62(3,30-63)32-64(31-61,33-63)90-19-6-9-49(78)89-27-37-10-11-38(91-59-54(81)52(79)53(80)55(92-59)58(85)86)23-43(37)88-22-21-87-20-16-65-46(75)26-73-47(76)14-15-48(73)77/h4-5,7-8,10-15,23-24,35,52-55,59,79-81H,6,9,16-22,25-34H2,1-3H3,(H,65,75)(H,83,84)(H,85,86)(H,68,70,82)/t52-,53-,54+,55-,59+,61?,62?,63?,64?/m0/s1. The van der Waals surface area contributed by atoms with Crippen molar-refractivity contribution in [1.29, 1.82) is 0 Å². The van der Waals surface area contributed by atoms with Crippen LogP contribution in [0, 0.1) is 23.2 Å². The first-order valence-electron chi connectivity index (χ1n) is 30.7. The Morgan fingerprint density at radius 1 is 0.828 bits per heavy atom. The number of carbonyl (C=O) groups is 7. The largest absolute Gasteiger partial charge is 0.491 e. The summed E-state index contributed by atoms with van der Waals surface area (Å²) < 4.78 is 40.2. The van der Waals surface area contributed by atoms with Gasteiger partial charge in [-0.25, -0.2) is 24.5 Å². The predicted octanol–water partition coefficient (Wildman–Crippen LogP) is 4.40. The number of ether oxygens (including phenoxy) is 6. The lowest BCUT2D eigenvalue weighted by atomic mass is 9.39. The van der Waals surface area contributed by atoms with Gasteiger partial charge in [0.25, 0.3) is 17.7 Å². The fourth-order valence-electron chi connectivity index (χ4n) is 15.3. The number of hydrogen-bond acceptors (Lipinski definition) is 22. The molecule has 0 spiro atoms. The van der Waals surface area contributed by atoms with Crippen molar-refractivity contribution in [2.24, 2.45) is 16.2 Å². The summed E-state index contributed by atoms with van der Waals surface area (Å²) in [7, 11) is 0. The number of anilines is 2. The van der Waals surface area contributed by atoms with E-state index in [1.54, 1.807) is 18.6 Å². The molecule has 7 atom stereocenters. The first-order valence-corrected chi connectivity index (χ1v) is 31.5. The number of imide groups is 1. The lowest BCUT2D eigenvalue weighted by Crippen LogP contribution is -2.64. The molecule has 13 rings (SSSR count). The lowest BCUT2D eigenvalue weighted by Gasteiger charge is -2.69. The van der Waals surface area contributed by atoms with E-state index >= 15 is 0 Å². The van der Waals surface area contributed by atoms with Crippen molar-refractivity contribution >= 4 is 74.0 Å². The van der Waals surface area contributed by atoms with Crippen LogP contribution in [0.1, 0.15) is 103 Å². The van der Waals surface area contributed by atoms with Crippen LogP contribution in [0.4, 0.5) is 10.9 Å². The number of aliphatic hydroxyl groups excluding tert-OH is 3. The molecular formula is C64H72N10O18S. The molecule has 2 aromatic carbocycles. The Labute approximate surface area is 536 Å².